The van der Waals surface area contributed by atoms with Crippen LogP contribution in [0.5, 0.6) is 0 Å². The van der Waals surface area contributed by atoms with Gasteiger partial charge in [0.15, 0.2) is 5.78 Å². The highest BCUT2D eigenvalue weighted by Gasteiger charge is 2.32. The van der Waals surface area contributed by atoms with Crippen LogP contribution >= 0.6 is 0 Å². The number of fused-ring (bicyclic) bond motifs is 3. The van der Waals surface area contributed by atoms with Gasteiger partial charge in [-0.15, -0.1) is 0 Å². The maximum Gasteiger partial charge on any atom is 0.198 e. The third-order valence-corrected chi connectivity index (χ3v) is 3.39. The second kappa shape index (κ2) is 3.62. The van der Waals surface area contributed by atoms with E-state index in [0.29, 0.717) is 11.3 Å². The number of aromatic nitrogens is 3. The topological polar surface area (TPSA) is 58.6 Å². The summed E-state index contributed by atoms with van der Waals surface area (Å²) < 4.78 is 0. The summed E-state index contributed by atoms with van der Waals surface area (Å²) >= 11 is 0. The number of rotatable bonds is 1. The lowest BCUT2D eigenvalue weighted by molar-refractivity contribution is 0.104. The number of nitrogens with zero attached hydrogens (tertiary/aromatic N) is 2. The fourth-order valence-corrected chi connectivity index (χ4v) is 2.51. The number of aromatic amines is 1. The summed E-state index contributed by atoms with van der Waals surface area (Å²) in [6.07, 6.45) is 3.39. The molecular weight excluding hydrogens is 238 g/mol. The van der Waals surface area contributed by atoms with Crippen LogP contribution in [0.3, 0.4) is 0 Å². The Balaban J connectivity index is 1.98. The fourth-order valence-electron chi connectivity index (χ4n) is 2.51. The third-order valence-electron chi connectivity index (χ3n) is 3.39. The van der Waals surface area contributed by atoms with Gasteiger partial charge in [0.25, 0.3) is 0 Å². The first kappa shape index (κ1) is 10.2. The van der Waals surface area contributed by atoms with Crippen LogP contribution in [-0.2, 0) is 0 Å². The Morgan fingerprint density at radius 1 is 0.947 bits per heavy atom. The van der Waals surface area contributed by atoms with E-state index in [1.165, 1.54) is 0 Å². The number of pyridine rings is 1. The van der Waals surface area contributed by atoms with E-state index in [2.05, 4.69) is 15.2 Å². The van der Waals surface area contributed by atoms with Crippen molar-refractivity contribution in [3.63, 3.8) is 0 Å². The zero-order valence-electron chi connectivity index (χ0n) is 9.92. The van der Waals surface area contributed by atoms with Crippen molar-refractivity contribution >= 4 is 5.78 Å². The van der Waals surface area contributed by atoms with Crippen molar-refractivity contribution < 1.29 is 4.79 Å². The lowest BCUT2D eigenvalue weighted by Gasteiger charge is -1.98. The SMILES string of the molecule is O=C1c2ccccc2-c2[nH]nc(-c3ccncc3)c21. The van der Waals surface area contributed by atoms with E-state index < -0.39 is 0 Å². The minimum Gasteiger partial charge on any atom is -0.288 e. The maximum absolute atomic E-state index is 12.5. The Morgan fingerprint density at radius 3 is 2.47 bits per heavy atom. The van der Waals surface area contributed by atoms with Crippen LogP contribution in [-0.4, -0.2) is 21.0 Å². The van der Waals surface area contributed by atoms with Gasteiger partial charge in [-0.3, -0.25) is 14.9 Å². The lowest BCUT2D eigenvalue weighted by atomic mass is 10.1. The van der Waals surface area contributed by atoms with Crippen LogP contribution < -0.4 is 0 Å². The van der Waals surface area contributed by atoms with Crippen molar-refractivity contribution in [2.45, 2.75) is 0 Å². The molecule has 0 fully saturated rings. The number of carbonyl (C=O) groups is 1. The Kier molecular flexibility index (Phi) is 1.94. The van der Waals surface area contributed by atoms with E-state index >= 15 is 0 Å². The molecule has 0 bridgehead atoms. The van der Waals surface area contributed by atoms with Crippen LogP contribution in [0.25, 0.3) is 22.5 Å². The van der Waals surface area contributed by atoms with Gasteiger partial charge >= 0.3 is 0 Å². The molecule has 0 aliphatic heterocycles. The molecule has 3 aromatic rings. The van der Waals surface area contributed by atoms with Crippen molar-refractivity contribution in [2.75, 3.05) is 0 Å². The van der Waals surface area contributed by atoms with E-state index in [1.807, 2.05) is 36.4 Å². The first-order valence-corrected chi connectivity index (χ1v) is 5.99. The number of nitrogens with one attached hydrogen (secondary N) is 1. The summed E-state index contributed by atoms with van der Waals surface area (Å²) in [6.45, 7) is 0. The summed E-state index contributed by atoms with van der Waals surface area (Å²) in [4.78, 5) is 16.5. The third kappa shape index (κ3) is 1.31. The number of hydrogen-bond donors (Lipinski definition) is 1. The monoisotopic (exact) mass is 247 g/mol. The van der Waals surface area contributed by atoms with Crippen molar-refractivity contribution in [3.8, 4) is 22.5 Å². The molecule has 1 aliphatic carbocycles. The summed E-state index contributed by atoms with van der Waals surface area (Å²) in [5.74, 6) is 0.0335. The lowest BCUT2D eigenvalue weighted by Crippen LogP contribution is -1.97. The molecule has 2 heterocycles. The molecule has 4 heteroatoms. The largest absolute Gasteiger partial charge is 0.288 e. The van der Waals surface area contributed by atoms with Crippen LogP contribution in [0.1, 0.15) is 15.9 Å². The molecule has 19 heavy (non-hydrogen) atoms. The van der Waals surface area contributed by atoms with Crippen LogP contribution in [0, 0.1) is 0 Å². The molecule has 1 aromatic carbocycles. The molecule has 1 aliphatic rings. The quantitative estimate of drug-likeness (QED) is 0.562. The normalized spacial score (nSPS) is 12.3. The number of benzene rings is 1. The molecule has 2 aromatic heterocycles. The number of H-pyrrole nitrogens is 1. The van der Waals surface area contributed by atoms with Gasteiger partial charge in [0.2, 0.25) is 0 Å². The van der Waals surface area contributed by atoms with Gasteiger partial charge in [-0.05, 0) is 12.1 Å². The number of ketones is 1. The Hall–Kier alpha value is -2.75. The molecule has 4 nitrogen and oxygen atoms in total. The summed E-state index contributed by atoms with van der Waals surface area (Å²) in [7, 11) is 0. The van der Waals surface area contributed by atoms with Crippen molar-refractivity contribution in [1.29, 1.82) is 0 Å². The Labute approximate surface area is 109 Å². The summed E-state index contributed by atoms with van der Waals surface area (Å²) in [6, 6.07) is 11.3. The van der Waals surface area contributed by atoms with Crippen molar-refractivity contribution in [3.05, 3.63) is 59.9 Å². The highest BCUT2D eigenvalue weighted by atomic mass is 16.1. The molecule has 0 amide bonds. The standard InChI is InChI=1S/C15H9N3O/c19-15-11-4-2-1-3-10(11)14-12(15)13(17-18-14)9-5-7-16-8-6-9/h1-8H,(H,17,18). The predicted molar refractivity (Wildman–Crippen MR) is 70.7 cm³/mol. The number of hydrogen-bond acceptors (Lipinski definition) is 3. The molecule has 0 saturated heterocycles. The Morgan fingerprint density at radius 2 is 1.68 bits per heavy atom. The van der Waals surface area contributed by atoms with Crippen molar-refractivity contribution in [1.82, 2.24) is 15.2 Å². The van der Waals surface area contributed by atoms with Gasteiger partial charge in [0.05, 0.1) is 11.3 Å². The first-order valence-electron chi connectivity index (χ1n) is 5.99. The van der Waals surface area contributed by atoms with E-state index in [4.69, 9.17) is 0 Å². The van der Waals surface area contributed by atoms with Gasteiger partial charge in [-0.25, -0.2) is 0 Å². The smallest absolute Gasteiger partial charge is 0.198 e. The summed E-state index contributed by atoms with van der Waals surface area (Å²) in [5.41, 5.74) is 4.73. The highest BCUT2D eigenvalue weighted by Crippen LogP contribution is 2.39. The van der Waals surface area contributed by atoms with Gasteiger partial charge in [0, 0.05) is 29.1 Å². The molecule has 90 valence electrons. The maximum atomic E-state index is 12.5. The zero-order valence-corrected chi connectivity index (χ0v) is 9.92. The highest BCUT2D eigenvalue weighted by molar-refractivity contribution is 6.23. The molecule has 0 spiro atoms. The Bertz CT molecular complexity index is 790. The van der Waals surface area contributed by atoms with Gasteiger partial charge in [-0.2, -0.15) is 5.10 Å². The molecule has 0 radical (unpaired) electrons. The minimum absolute atomic E-state index is 0.0335. The second-order valence-electron chi connectivity index (χ2n) is 4.43. The van der Waals surface area contributed by atoms with Crippen molar-refractivity contribution in [2.24, 2.45) is 0 Å². The van der Waals surface area contributed by atoms with Gasteiger partial charge in [0.1, 0.15) is 5.69 Å². The minimum atomic E-state index is 0.0335. The van der Waals surface area contributed by atoms with E-state index in [1.54, 1.807) is 12.4 Å². The average molecular weight is 247 g/mol. The molecule has 0 saturated carbocycles. The van der Waals surface area contributed by atoms with Gasteiger partial charge < -0.3 is 0 Å². The average Bonchev–Trinajstić information content (AvgIpc) is 3.02. The zero-order chi connectivity index (χ0) is 12.8. The fraction of sp³-hybridized carbons (Fsp3) is 0. The van der Waals surface area contributed by atoms with Gasteiger partial charge in [-0.1, -0.05) is 24.3 Å². The van der Waals surface area contributed by atoms with Crippen LogP contribution in [0.15, 0.2) is 48.8 Å². The van der Waals surface area contributed by atoms with Crippen LogP contribution in [0.4, 0.5) is 0 Å². The molecule has 0 atom stereocenters. The van der Waals surface area contributed by atoms with Crippen LogP contribution in [0.2, 0.25) is 0 Å². The molecule has 0 unspecified atom stereocenters. The first-order chi connectivity index (χ1) is 9.36. The molecule has 4 rings (SSSR count). The predicted octanol–water partition coefficient (Wildman–Crippen LogP) is 2.68. The van der Waals surface area contributed by atoms with E-state index in [-0.39, 0.29) is 5.78 Å². The molecular formula is C15H9N3O. The summed E-state index contributed by atoms with van der Waals surface area (Å²) in [5, 5.41) is 7.26. The van der Waals surface area contributed by atoms with E-state index in [9.17, 15) is 4.79 Å². The number of carbonyl (C=O) groups excluding carboxylic acids is 1. The van der Waals surface area contributed by atoms with E-state index in [0.717, 1.165) is 22.4 Å². The molecule has 1 N–H and O–H groups in total. The second-order valence-corrected chi connectivity index (χ2v) is 4.43.